The van der Waals surface area contributed by atoms with E-state index < -0.39 is 0 Å². The Balaban J connectivity index is 1.89. The largest absolute Gasteiger partial charge is 0.379 e. The van der Waals surface area contributed by atoms with Crippen molar-refractivity contribution in [2.24, 2.45) is 5.92 Å². The summed E-state index contributed by atoms with van der Waals surface area (Å²) in [6.07, 6.45) is 1.11. The highest BCUT2D eigenvalue weighted by molar-refractivity contribution is 7.99. The fraction of sp³-hybridized carbons (Fsp3) is 0.867. The van der Waals surface area contributed by atoms with Crippen LogP contribution in [0, 0.1) is 17.2 Å². The highest BCUT2D eigenvalue weighted by Gasteiger charge is 2.41. The topological polar surface area (TPSA) is 68.6 Å². The molecule has 22 heavy (non-hydrogen) atoms. The average molecular weight is 326 g/mol. The molecule has 0 aliphatic carbocycles. The molecule has 6 nitrogen and oxygen atoms in total. The first kappa shape index (κ1) is 17.4. The van der Waals surface area contributed by atoms with Crippen LogP contribution in [-0.4, -0.2) is 79.3 Å². The molecule has 0 radical (unpaired) electrons. The molecule has 2 saturated heterocycles. The van der Waals surface area contributed by atoms with Crippen molar-refractivity contribution in [3.05, 3.63) is 0 Å². The molecule has 0 spiro atoms. The Morgan fingerprint density at radius 3 is 2.86 bits per heavy atom. The molecule has 2 fully saturated rings. The van der Waals surface area contributed by atoms with Crippen LogP contribution in [0.25, 0.3) is 0 Å². The Bertz CT molecular complexity index is 414. The van der Waals surface area contributed by atoms with Gasteiger partial charge in [0.25, 0.3) is 0 Å². The number of thioether (sulfide) groups is 1. The maximum atomic E-state index is 12.2. The number of ether oxygens (including phenoxy) is 1. The number of amides is 2. The predicted molar refractivity (Wildman–Crippen MR) is 87.9 cm³/mol. The molecule has 124 valence electrons. The van der Waals surface area contributed by atoms with Crippen molar-refractivity contribution in [1.29, 1.82) is 5.26 Å². The van der Waals surface area contributed by atoms with Crippen molar-refractivity contribution in [3.63, 3.8) is 0 Å². The molecule has 0 aromatic heterocycles. The third kappa shape index (κ3) is 4.28. The van der Waals surface area contributed by atoms with Crippen LogP contribution in [0.5, 0.6) is 0 Å². The van der Waals surface area contributed by atoms with Gasteiger partial charge in [-0.1, -0.05) is 0 Å². The number of carbonyl (C=O) groups excluding carboxylic acids is 1. The molecule has 0 aromatic rings. The molecule has 2 amide bonds. The maximum absolute atomic E-state index is 12.2. The van der Waals surface area contributed by atoms with Gasteiger partial charge in [-0.25, -0.2) is 4.79 Å². The summed E-state index contributed by atoms with van der Waals surface area (Å²) < 4.78 is 5.45. The summed E-state index contributed by atoms with van der Waals surface area (Å²) in [4.78, 5) is 16.3. The lowest BCUT2D eigenvalue weighted by Gasteiger charge is -2.43. The van der Waals surface area contributed by atoms with Gasteiger partial charge >= 0.3 is 6.03 Å². The minimum atomic E-state index is -0.147. The van der Waals surface area contributed by atoms with Crippen LogP contribution in [0.2, 0.25) is 0 Å². The van der Waals surface area contributed by atoms with Crippen molar-refractivity contribution in [1.82, 2.24) is 15.1 Å². The van der Waals surface area contributed by atoms with Crippen LogP contribution in [0.1, 0.15) is 13.3 Å². The molecular formula is C15H26N4O2S. The Morgan fingerprint density at radius 2 is 2.27 bits per heavy atom. The van der Waals surface area contributed by atoms with Gasteiger partial charge in [0.15, 0.2) is 0 Å². The average Bonchev–Trinajstić information content (AvgIpc) is 3.03. The van der Waals surface area contributed by atoms with Crippen LogP contribution in [-0.2, 0) is 4.74 Å². The Kier molecular flexibility index (Phi) is 6.36. The number of morpholine rings is 1. The van der Waals surface area contributed by atoms with E-state index in [0.717, 1.165) is 44.2 Å². The van der Waals surface area contributed by atoms with E-state index in [2.05, 4.69) is 16.3 Å². The van der Waals surface area contributed by atoms with Crippen molar-refractivity contribution in [3.8, 4) is 6.07 Å². The Morgan fingerprint density at radius 1 is 1.55 bits per heavy atom. The SMILES string of the molecule is C[C@@H](C#N)CN(C)C(=O)NC[C@]1(N2CCOCC2)CCSC1. The number of hydrogen-bond acceptors (Lipinski definition) is 5. The normalized spacial score (nSPS) is 27.1. The zero-order chi connectivity index (χ0) is 16.0. The van der Waals surface area contributed by atoms with Crippen molar-refractivity contribution >= 4 is 17.8 Å². The summed E-state index contributed by atoms with van der Waals surface area (Å²) in [7, 11) is 1.74. The van der Waals surface area contributed by atoms with Crippen LogP contribution in [0.3, 0.4) is 0 Å². The van der Waals surface area contributed by atoms with E-state index in [1.807, 2.05) is 18.7 Å². The molecule has 1 N–H and O–H groups in total. The molecule has 0 aromatic carbocycles. The third-order valence-electron chi connectivity index (χ3n) is 4.45. The van der Waals surface area contributed by atoms with Crippen LogP contribution in [0.15, 0.2) is 0 Å². The molecule has 2 rings (SSSR count). The zero-order valence-electron chi connectivity index (χ0n) is 13.5. The highest BCUT2D eigenvalue weighted by Crippen LogP contribution is 2.33. The van der Waals surface area contributed by atoms with E-state index in [0.29, 0.717) is 13.1 Å². The number of nitrogens with zero attached hydrogens (tertiary/aromatic N) is 3. The summed E-state index contributed by atoms with van der Waals surface area (Å²) in [5.74, 6) is 2.06. The van der Waals surface area contributed by atoms with Gasteiger partial charge in [0.1, 0.15) is 0 Å². The summed E-state index contributed by atoms with van der Waals surface area (Å²) >= 11 is 1.96. The molecule has 0 unspecified atom stereocenters. The van der Waals surface area contributed by atoms with Gasteiger partial charge in [-0.2, -0.15) is 17.0 Å². The lowest BCUT2D eigenvalue weighted by atomic mass is 9.95. The van der Waals surface area contributed by atoms with Crippen molar-refractivity contribution in [2.45, 2.75) is 18.9 Å². The van der Waals surface area contributed by atoms with Gasteiger partial charge in [-0.3, -0.25) is 4.90 Å². The number of nitriles is 1. The Labute approximate surface area is 137 Å². The highest BCUT2D eigenvalue weighted by atomic mass is 32.2. The number of carbonyl (C=O) groups is 1. The van der Waals surface area contributed by atoms with E-state index >= 15 is 0 Å². The standard InChI is InChI=1S/C15H26N4O2S/c1-13(9-16)10-18(2)14(20)17-11-15(3-8-22-12-15)19-4-6-21-7-5-19/h13H,3-8,10-12H2,1-2H3,(H,17,20)/t13-,15+/m0/s1. The lowest BCUT2D eigenvalue weighted by Crippen LogP contribution is -2.60. The third-order valence-corrected chi connectivity index (χ3v) is 5.68. The Hall–Kier alpha value is -0.970. The van der Waals surface area contributed by atoms with E-state index in [1.54, 1.807) is 11.9 Å². The molecule has 2 heterocycles. The van der Waals surface area contributed by atoms with Crippen molar-refractivity contribution < 1.29 is 9.53 Å². The van der Waals surface area contributed by atoms with Gasteiger partial charge in [0.05, 0.1) is 25.2 Å². The number of hydrogen-bond donors (Lipinski definition) is 1. The minimum Gasteiger partial charge on any atom is -0.379 e. The molecule has 7 heteroatoms. The fourth-order valence-corrected chi connectivity index (χ4v) is 4.52. The monoisotopic (exact) mass is 326 g/mol. The summed E-state index contributed by atoms with van der Waals surface area (Å²) in [5.41, 5.74) is 0.0613. The molecule has 0 bridgehead atoms. The van der Waals surface area contributed by atoms with Crippen LogP contribution >= 0.6 is 11.8 Å². The van der Waals surface area contributed by atoms with Crippen LogP contribution < -0.4 is 5.32 Å². The first-order chi connectivity index (χ1) is 10.6. The van der Waals surface area contributed by atoms with Crippen molar-refractivity contribution in [2.75, 3.05) is 57.9 Å². The fourth-order valence-electron chi connectivity index (χ4n) is 3.04. The molecule has 2 aliphatic heterocycles. The molecule has 2 aliphatic rings. The second-order valence-corrected chi connectivity index (χ2v) is 7.30. The van der Waals surface area contributed by atoms with E-state index in [4.69, 9.17) is 10.00 Å². The number of urea groups is 1. The molecule has 2 atom stereocenters. The first-order valence-corrected chi connectivity index (χ1v) is 9.02. The number of nitrogens with one attached hydrogen (secondary N) is 1. The second-order valence-electron chi connectivity index (χ2n) is 6.20. The smallest absolute Gasteiger partial charge is 0.317 e. The number of rotatable bonds is 5. The van der Waals surface area contributed by atoms with E-state index in [-0.39, 0.29) is 17.5 Å². The van der Waals surface area contributed by atoms with Gasteiger partial charge in [-0.15, -0.1) is 0 Å². The molecule has 0 saturated carbocycles. The minimum absolute atomic E-state index is 0.0613. The van der Waals surface area contributed by atoms with E-state index in [1.165, 1.54) is 0 Å². The summed E-state index contributed by atoms with van der Waals surface area (Å²) in [5, 5.41) is 11.9. The summed E-state index contributed by atoms with van der Waals surface area (Å²) in [6.45, 7) is 6.40. The van der Waals surface area contributed by atoms with E-state index in [9.17, 15) is 4.79 Å². The van der Waals surface area contributed by atoms with Crippen LogP contribution in [0.4, 0.5) is 4.79 Å². The van der Waals surface area contributed by atoms with Gasteiger partial charge in [-0.05, 0) is 19.1 Å². The quantitative estimate of drug-likeness (QED) is 0.816. The second kappa shape index (κ2) is 8.04. The van der Waals surface area contributed by atoms with Gasteiger partial charge < -0.3 is 15.0 Å². The van der Waals surface area contributed by atoms with Gasteiger partial charge in [0, 0.05) is 44.5 Å². The predicted octanol–water partition coefficient (Wildman–Crippen LogP) is 0.995. The first-order valence-electron chi connectivity index (χ1n) is 7.86. The summed E-state index contributed by atoms with van der Waals surface area (Å²) in [6, 6.07) is 2.07. The zero-order valence-corrected chi connectivity index (χ0v) is 14.3. The lowest BCUT2D eigenvalue weighted by molar-refractivity contribution is -0.0127. The maximum Gasteiger partial charge on any atom is 0.317 e. The molecular weight excluding hydrogens is 300 g/mol. The van der Waals surface area contributed by atoms with Gasteiger partial charge in [0.2, 0.25) is 0 Å².